The van der Waals surface area contributed by atoms with Crippen LogP contribution in [0.5, 0.6) is 5.75 Å². The maximum absolute atomic E-state index is 10.4. The Morgan fingerprint density at radius 3 is 2.43 bits per heavy atom. The molecule has 7 heteroatoms. The largest absolute Gasteiger partial charge is 1.00 e. The van der Waals surface area contributed by atoms with Crippen molar-refractivity contribution in [1.29, 1.82) is 0 Å². The molecule has 1 aromatic rings. The number of para-hydroxylation sites is 1. The molecular formula is C14H19K2O4P. The van der Waals surface area contributed by atoms with Gasteiger partial charge in [0.25, 0.3) is 0 Å². The van der Waals surface area contributed by atoms with E-state index in [9.17, 15) is 9.79 Å². The van der Waals surface area contributed by atoms with Crippen molar-refractivity contribution in [2.24, 2.45) is 5.92 Å². The third-order valence-electron chi connectivity index (χ3n) is 3.32. The quantitative estimate of drug-likeness (QED) is 0.283. The fourth-order valence-electron chi connectivity index (χ4n) is 2.16. The molecular weight excluding hydrogens is 341 g/mol. The third-order valence-corrected chi connectivity index (χ3v) is 3.63. The van der Waals surface area contributed by atoms with Gasteiger partial charge in [0.15, 0.2) is 6.79 Å². The Morgan fingerprint density at radius 2 is 1.90 bits per heavy atom. The normalized spacial score (nSPS) is 13.8. The number of benzene rings is 1. The van der Waals surface area contributed by atoms with Gasteiger partial charge >= 0.3 is 103 Å². The predicted molar refractivity (Wildman–Crippen MR) is 70.5 cm³/mol. The summed E-state index contributed by atoms with van der Waals surface area (Å²) in [6.45, 7) is 3.94. The zero-order valence-electron chi connectivity index (χ0n) is 13.3. The molecule has 0 bridgehead atoms. The summed E-state index contributed by atoms with van der Waals surface area (Å²) in [7, 11) is -2.86. The van der Waals surface area contributed by atoms with Crippen LogP contribution in [0.15, 0.2) is 18.2 Å². The standard InChI is InChI=1S/C14H19O4P.2K/c1-10(2)13-5-3-4-12(8-11-6-7-11)14(13)17-9-18-19(15)16;;/h3-5,10-11H,6-9H2,1-2H3;;/q-2;2*+1. The van der Waals surface area contributed by atoms with Crippen molar-refractivity contribution in [3.63, 3.8) is 0 Å². The van der Waals surface area contributed by atoms with Gasteiger partial charge in [-0.15, -0.1) is 0 Å². The van der Waals surface area contributed by atoms with Gasteiger partial charge in [0.2, 0.25) is 0 Å². The number of rotatable bonds is 7. The van der Waals surface area contributed by atoms with Crippen LogP contribution in [-0.2, 0) is 10.9 Å². The Hall–Kier alpha value is 2.60. The Morgan fingerprint density at radius 1 is 1.24 bits per heavy atom. The maximum Gasteiger partial charge on any atom is 1.00 e. The van der Waals surface area contributed by atoms with E-state index in [4.69, 9.17) is 4.74 Å². The molecule has 0 aliphatic heterocycles. The van der Waals surface area contributed by atoms with Crippen LogP contribution in [0.3, 0.4) is 0 Å². The summed E-state index contributed by atoms with van der Waals surface area (Å²) in [6.07, 6.45) is 3.54. The molecule has 0 spiro atoms. The van der Waals surface area contributed by atoms with Gasteiger partial charge in [-0.05, 0) is 42.2 Å². The van der Waals surface area contributed by atoms with Gasteiger partial charge in [-0.3, -0.25) is 0 Å². The molecule has 21 heavy (non-hydrogen) atoms. The van der Waals surface area contributed by atoms with E-state index in [1.165, 1.54) is 12.8 Å². The monoisotopic (exact) mass is 360 g/mol. The van der Waals surface area contributed by atoms with Crippen LogP contribution in [-0.4, -0.2) is 6.79 Å². The Balaban J connectivity index is 0.00000200. The second-order valence-corrected chi connectivity index (χ2v) is 5.96. The molecule has 0 heterocycles. The predicted octanol–water partition coefficient (Wildman–Crippen LogP) is -3.93. The molecule has 0 atom stereocenters. The van der Waals surface area contributed by atoms with Gasteiger partial charge in [0.05, 0.1) is 0 Å². The molecule has 2 rings (SSSR count). The molecule has 0 saturated heterocycles. The first-order chi connectivity index (χ1) is 9.08. The summed E-state index contributed by atoms with van der Waals surface area (Å²) in [5.74, 6) is 1.87. The van der Waals surface area contributed by atoms with Crippen LogP contribution in [0.4, 0.5) is 0 Å². The van der Waals surface area contributed by atoms with E-state index in [0.29, 0.717) is 5.92 Å². The summed E-state index contributed by atoms with van der Waals surface area (Å²) in [5.41, 5.74) is 2.25. The van der Waals surface area contributed by atoms with Crippen LogP contribution in [0, 0.1) is 5.92 Å². The SMILES string of the molecule is CC(C)c1cccc(CC2CC2)c1OCOP([O-])[O-].[K+].[K+]. The fraction of sp³-hybridized carbons (Fsp3) is 0.571. The van der Waals surface area contributed by atoms with Gasteiger partial charge in [-0.1, -0.05) is 32.0 Å². The zero-order chi connectivity index (χ0) is 13.8. The molecule has 0 N–H and O–H groups in total. The van der Waals surface area contributed by atoms with E-state index >= 15 is 0 Å². The molecule has 0 unspecified atom stereocenters. The molecule has 1 aliphatic carbocycles. The first kappa shape index (κ1) is 23.6. The Kier molecular flexibility index (Phi) is 13.5. The minimum absolute atomic E-state index is 0. The number of ether oxygens (including phenoxy) is 1. The summed E-state index contributed by atoms with van der Waals surface area (Å²) < 4.78 is 10.1. The first-order valence-corrected chi connectivity index (χ1v) is 7.69. The van der Waals surface area contributed by atoms with Crippen LogP contribution in [0.2, 0.25) is 0 Å². The number of hydrogen-bond donors (Lipinski definition) is 0. The van der Waals surface area contributed by atoms with Crippen LogP contribution in [0.25, 0.3) is 0 Å². The summed E-state index contributed by atoms with van der Waals surface area (Å²) >= 11 is 0. The van der Waals surface area contributed by atoms with E-state index in [1.807, 2.05) is 12.1 Å². The van der Waals surface area contributed by atoms with Crippen molar-refractivity contribution >= 4 is 8.60 Å². The topological polar surface area (TPSA) is 64.6 Å². The molecule has 1 fully saturated rings. The molecule has 0 radical (unpaired) electrons. The van der Waals surface area contributed by atoms with E-state index in [2.05, 4.69) is 24.4 Å². The van der Waals surface area contributed by atoms with Crippen LogP contribution in [0.1, 0.15) is 43.7 Å². The van der Waals surface area contributed by atoms with Crippen molar-refractivity contribution in [2.75, 3.05) is 6.79 Å². The van der Waals surface area contributed by atoms with Crippen LogP contribution >= 0.6 is 8.60 Å². The first-order valence-electron chi connectivity index (χ1n) is 6.59. The van der Waals surface area contributed by atoms with Crippen molar-refractivity contribution < 1.29 is 122 Å². The van der Waals surface area contributed by atoms with E-state index in [1.54, 1.807) is 0 Å². The van der Waals surface area contributed by atoms with Crippen molar-refractivity contribution in [3.8, 4) is 5.75 Å². The zero-order valence-corrected chi connectivity index (χ0v) is 20.4. The van der Waals surface area contributed by atoms with Crippen molar-refractivity contribution in [2.45, 2.75) is 39.0 Å². The summed E-state index contributed by atoms with van der Waals surface area (Å²) in [6, 6.07) is 6.11. The second kappa shape index (κ2) is 12.0. The van der Waals surface area contributed by atoms with Gasteiger partial charge in [0, 0.05) is 0 Å². The maximum atomic E-state index is 10.4. The van der Waals surface area contributed by atoms with Gasteiger partial charge in [-0.25, -0.2) is 0 Å². The van der Waals surface area contributed by atoms with Gasteiger partial charge < -0.3 is 19.0 Å². The van der Waals surface area contributed by atoms with Gasteiger partial charge in [-0.2, -0.15) is 8.60 Å². The van der Waals surface area contributed by atoms with Crippen LogP contribution < -0.4 is 117 Å². The second-order valence-electron chi connectivity index (χ2n) is 5.25. The smallest absolute Gasteiger partial charge is 0.820 e. The van der Waals surface area contributed by atoms with E-state index < -0.39 is 8.60 Å². The molecule has 4 nitrogen and oxygen atoms in total. The van der Waals surface area contributed by atoms with Gasteiger partial charge in [0.1, 0.15) is 5.75 Å². The molecule has 1 aliphatic rings. The summed E-state index contributed by atoms with van der Waals surface area (Å²) in [4.78, 5) is 20.8. The van der Waals surface area contributed by atoms with Crippen molar-refractivity contribution in [1.82, 2.24) is 0 Å². The molecule has 0 aromatic heterocycles. The molecule has 0 amide bonds. The Labute approximate surface area is 213 Å². The molecule has 1 aromatic carbocycles. The average molecular weight is 360 g/mol. The average Bonchev–Trinajstić information content (AvgIpc) is 3.14. The van der Waals surface area contributed by atoms with Crippen molar-refractivity contribution in [3.05, 3.63) is 29.3 Å². The number of hydrogen-bond acceptors (Lipinski definition) is 4. The fourth-order valence-corrected chi connectivity index (χ4v) is 2.30. The minimum atomic E-state index is -2.86. The molecule has 106 valence electrons. The molecule has 1 saturated carbocycles. The van der Waals surface area contributed by atoms with E-state index in [0.717, 1.165) is 29.2 Å². The summed E-state index contributed by atoms with van der Waals surface area (Å²) in [5, 5.41) is 0. The third kappa shape index (κ3) is 8.50. The van der Waals surface area contributed by atoms with E-state index in [-0.39, 0.29) is 110 Å². The minimum Gasteiger partial charge on any atom is -0.820 e. The Bertz CT molecular complexity index is 425.